The van der Waals surface area contributed by atoms with Crippen molar-refractivity contribution in [2.24, 2.45) is 0 Å². The van der Waals surface area contributed by atoms with E-state index < -0.39 is 0 Å². The van der Waals surface area contributed by atoms with Crippen molar-refractivity contribution in [2.75, 3.05) is 19.6 Å². The van der Waals surface area contributed by atoms with Crippen molar-refractivity contribution < 1.29 is 14.0 Å². The molecular formula is C27H27FN6O2S. The van der Waals surface area contributed by atoms with Gasteiger partial charge in [-0.15, -0.1) is 11.3 Å². The molecule has 0 atom stereocenters. The van der Waals surface area contributed by atoms with Crippen molar-refractivity contribution in [3.63, 3.8) is 0 Å². The van der Waals surface area contributed by atoms with Gasteiger partial charge in [-0.3, -0.25) is 19.7 Å². The standard InChI is InChI=1S/C27H27FN6O2S/c1-2-11-30-25(35)21-16-37-26(31-21)22-23(17-3-5-20(28)6-4-17)32-33-24(22)18-9-14-34(15-10-18)27(36)19-7-12-29-13-8-19/h3-8,12-13,16,18H,2,9-11,14-15H2,1H3,(H,30,35)(H,32,33). The zero-order chi connectivity index (χ0) is 25.8. The molecule has 190 valence electrons. The van der Waals surface area contributed by atoms with Crippen LogP contribution in [-0.4, -0.2) is 56.5 Å². The molecule has 0 aliphatic carbocycles. The third-order valence-corrected chi connectivity index (χ3v) is 7.38. The minimum atomic E-state index is -0.323. The van der Waals surface area contributed by atoms with E-state index in [0.717, 1.165) is 36.1 Å². The number of benzene rings is 1. The predicted octanol–water partition coefficient (Wildman–Crippen LogP) is 4.89. The van der Waals surface area contributed by atoms with Gasteiger partial charge in [-0.05, 0) is 55.7 Å². The van der Waals surface area contributed by atoms with Gasteiger partial charge in [-0.2, -0.15) is 5.10 Å². The summed E-state index contributed by atoms with van der Waals surface area (Å²) in [7, 11) is 0. The maximum atomic E-state index is 13.6. The quantitative estimate of drug-likeness (QED) is 0.362. The maximum absolute atomic E-state index is 13.6. The Kier molecular flexibility index (Phi) is 7.36. The number of thiazole rings is 1. The summed E-state index contributed by atoms with van der Waals surface area (Å²) in [6, 6.07) is 9.65. The number of pyridine rings is 1. The fraction of sp³-hybridized carbons (Fsp3) is 0.296. The summed E-state index contributed by atoms with van der Waals surface area (Å²) < 4.78 is 13.6. The number of nitrogens with zero attached hydrogens (tertiary/aromatic N) is 4. The van der Waals surface area contributed by atoms with Crippen LogP contribution < -0.4 is 5.32 Å². The molecule has 0 radical (unpaired) electrons. The number of likely N-dealkylation sites (tertiary alicyclic amines) is 1. The van der Waals surface area contributed by atoms with Crippen LogP contribution in [0.5, 0.6) is 0 Å². The molecule has 5 rings (SSSR count). The van der Waals surface area contributed by atoms with Crippen LogP contribution in [0, 0.1) is 5.82 Å². The number of amides is 2. The van der Waals surface area contributed by atoms with E-state index in [1.165, 1.54) is 23.5 Å². The number of hydrogen-bond donors (Lipinski definition) is 2. The molecule has 4 heterocycles. The lowest BCUT2D eigenvalue weighted by molar-refractivity contribution is 0.0712. The molecule has 10 heteroatoms. The second kappa shape index (κ2) is 11.0. The molecule has 37 heavy (non-hydrogen) atoms. The number of piperidine rings is 1. The number of carbonyl (C=O) groups is 2. The van der Waals surface area contributed by atoms with Gasteiger partial charge >= 0.3 is 0 Å². The third-order valence-electron chi connectivity index (χ3n) is 6.52. The molecule has 1 aliphatic rings. The Hall–Kier alpha value is -3.92. The molecule has 8 nitrogen and oxygen atoms in total. The normalized spacial score (nSPS) is 14.1. The number of aromatic nitrogens is 4. The fourth-order valence-electron chi connectivity index (χ4n) is 4.55. The second-order valence-electron chi connectivity index (χ2n) is 8.96. The zero-order valence-corrected chi connectivity index (χ0v) is 21.2. The average Bonchev–Trinajstić information content (AvgIpc) is 3.60. The number of halogens is 1. The Morgan fingerprint density at radius 3 is 2.57 bits per heavy atom. The summed E-state index contributed by atoms with van der Waals surface area (Å²) in [5, 5.41) is 13.1. The summed E-state index contributed by atoms with van der Waals surface area (Å²) >= 11 is 1.39. The first-order chi connectivity index (χ1) is 18.0. The number of nitrogens with one attached hydrogen (secondary N) is 2. The van der Waals surface area contributed by atoms with Gasteiger partial charge in [0.2, 0.25) is 0 Å². The van der Waals surface area contributed by atoms with Crippen molar-refractivity contribution in [3.8, 4) is 21.8 Å². The molecule has 1 fully saturated rings. The number of carbonyl (C=O) groups excluding carboxylic acids is 2. The topological polar surface area (TPSA) is 104 Å². The number of H-pyrrole nitrogens is 1. The van der Waals surface area contributed by atoms with Crippen LogP contribution in [0.3, 0.4) is 0 Å². The van der Waals surface area contributed by atoms with Crippen LogP contribution in [0.15, 0.2) is 54.2 Å². The molecule has 0 spiro atoms. The molecule has 0 bridgehead atoms. The van der Waals surface area contributed by atoms with E-state index in [9.17, 15) is 14.0 Å². The minimum Gasteiger partial charge on any atom is -0.351 e. The second-order valence-corrected chi connectivity index (χ2v) is 9.82. The van der Waals surface area contributed by atoms with E-state index in [0.29, 0.717) is 41.6 Å². The first kappa shape index (κ1) is 24.8. The van der Waals surface area contributed by atoms with Crippen molar-refractivity contribution in [2.45, 2.75) is 32.1 Å². The Morgan fingerprint density at radius 1 is 1.14 bits per heavy atom. The lowest BCUT2D eigenvalue weighted by atomic mass is 9.89. The molecule has 1 saturated heterocycles. The highest BCUT2D eigenvalue weighted by Gasteiger charge is 2.30. The third kappa shape index (κ3) is 5.29. The molecule has 4 aromatic rings. The average molecular weight is 519 g/mol. The Morgan fingerprint density at radius 2 is 1.86 bits per heavy atom. The highest BCUT2D eigenvalue weighted by molar-refractivity contribution is 7.13. The van der Waals surface area contributed by atoms with Gasteiger partial charge in [0.05, 0.1) is 5.56 Å². The first-order valence-corrected chi connectivity index (χ1v) is 13.2. The van der Waals surface area contributed by atoms with Crippen molar-refractivity contribution in [1.82, 2.24) is 30.4 Å². The molecule has 1 aliphatic heterocycles. The van der Waals surface area contributed by atoms with Gasteiger partial charge in [-0.1, -0.05) is 6.92 Å². The summed E-state index contributed by atoms with van der Waals surface area (Å²) in [5.74, 6) is -0.406. The first-order valence-electron chi connectivity index (χ1n) is 12.3. The minimum absolute atomic E-state index is 0.000317. The SMILES string of the molecule is CCCNC(=O)c1csc(-c2c(-c3ccc(F)cc3)n[nH]c2C2CCN(C(=O)c3ccncc3)CC2)n1. The monoisotopic (exact) mass is 518 g/mol. The molecule has 2 N–H and O–H groups in total. The molecular weight excluding hydrogens is 491 g/mol. The lowest BCUT2D eigenvalue weighted by Crippen LogP contribution is -2.38. The summed E-state index contributed by atoms with van der Waals surface area (Å²) in [6.45, 7) is 3.80. The molecule has 0 saturated carbocycles. The van der Waals surface area contributed by atoms with Crippen LogP contribution in [-0.2, 0) is 0 Å². The van der Waals surface area contributed by atoms with Gasteiger partial charge in [0.25, 0.3) is 11.8 Å². The molecule has 3 aromatic heterocycles. The lowest BCUT2D eigenvalue weighted by Gasteiger charge is -2.32. The van der Waals surface area contributed by atoms with Crippen LogP contribution in [0.25, 0.3) is 21.8 Å². The Bertz CT molecular complexity index is 1380. The van der Waals surface area contributed by atoms with E-state index in [4.69, 9.17) is 0 Å². The van der Waals surface area contributed by atoms with Crippen LogP contribution in [0.1, 0.15) is 58.6 Å². The van der Waals surface area contributed by atoms with Gasteiger partial charge in [-0.25, -0.2) is 9.37 Å². The molecule has 2 amide bonds. The fourth-order valence-corrected chi connectivity index (χ4v) is 5.41. The number of aromatic amines is 1. The largest absolute Gasteiger partial charge is 0.351 e. The van der Waals surface area contributed by atoms with Crippen LogP contribution in [0.2, 0.25) is 0 Å². The predicted molar refractivity (Wildman–Crippen MR) is 140 cm³/mol. The Balaban J connectivity index is 1.43. The summed E-state index contributed by atoms with van der Waals surface area (Å²) in [6.07, 6.45) is 5.59. The van der Waals surface area contributed by atoms with E-state index in [-0.39, 0.29) is 23.5 Å². The Labute approximate surface area is 218 Å². The van der Waals surface area contributed by atoms with E-state index in [1.54, 1.807) is 42.0 Å². The van der Waals surface area contributed by atoms with Crippen molar-refractivity contribution >= 4 is 23.2 Å². The highest BCUT2D eigenvalue weighted by Crippen LogP contribution is 2.41. The van der Waals surface area contributed by atoms with Crippen molar-refractivity contribution in [1.29, 1.82) is 0 Å². The van der Waals surface area contributed by atoms with E-state index in [1.807, 2.05) is 11.8 Å². The smallest absolute Gasteiger partial charge is 0.270 e. The van der Waals surface area contributed by atoms with Gasteiger partial charge in [0.15, 0.2) is 0 Å². The van der Waals surface area contributed by atoms with Gasteiger partial charge in [0.1, 0.15) is 22.2 Å². The molecule has 1 aromatic carbocycles. The summed E-state index contributed by atoms with van der Waals surface area (Å²) in [4.78, 5) is 35.9. The van der Waals surface area contributed by atoms with Crippen LogP contribution in [0.4, 0.5) is 4.39 Å². The van der Waals surface area contributed by atoms with Gasteiger partial charge in [0, 0.05) is 60.1 Å². The van der Waals surface area contributed by atoms with E-state index in [2.05, 4.69) is 25.5 Å². The van der Waals surface area contributed by atoms with Crippen molar-refractivity contribution in [3.05, 3.63) is 76.9 Å². The number of hydrogen-bond acceptors (Lipinski definition) is 6. The maximum Gasteiger partial charge on any atom is 0.270 e. The van der Waals surface area contributed by atoms with E-state index >= 15 is 0 Å². The number of rotatable bonds is 7. The molecule has 0 unspecified atom stereocenters. The van der Waals surface area contributed by atoms with Crippen LogP contribution >= 0.6 is 11.3 Å². The van der Waals surface area contributed by atoms with Gasteiger partial charge < -0.3 is 10.2 Å². The zero-order valence-electron chi connectivity index (χ0n) is 20.4. The highest BCUT2D eigenvalue weighted by atomic mass is 32.1. The summed E-state index contributed by atoms with van der Waals surface area (Å²) in [5.41, 5.74) is 4.17.